The van der Waals surface area contributed by atoms with Gasteiger partial charge in [-0.1, -0.05) is 6.42 Å². The summed E-state index contributed by atoms with van der Waals surface area (Å²) in [5, 5.41) is 1.31. The first-order valence-electron chi connectivity index (χ1n) is 7.11. The van der Waals surface area contributed by atoms with E-state index in [4.69, 9.17) is 4.98 Å². The predicted octanol–water partition coefficient (Wildman–Crippen LogP) is 3.82. The lowest BCUT2D eigenvalue weighted by Crippen LogP contribution is -2.36. The third-order valence-electron chi connectivity index (χ3n) is 4.16. The first-order valence-corrected chi connectivity index (χ1v) is 8.56. The van der Waals surface area contributed by atoms with Gasteiger partial charge in [-0.15, -0.1) is 11.3 Å². The number of hydrogen-bond donors (Lipinski definition) is 1. The highest BCUT2D eigenvalue weighted by molar-refractivity contribution is 7.79. The molecule has 1 aliphatic heterocycles. The summed E-state index contributed by atoms with van der Waals surface area (Å²) in [5.41, 5.74) is 1.37. The smallest absolute Gasteiger partial charge is 0.107 e. The van der Waals surface area contributed by atoms with Crippen LogP contribution >= 0.6 is 24.0 Å². The Morgan fingerprint density at radius 3 is 2.83 bits per heavy atom. The maximum Gasteiger partial charge on any atom is 0.107 e. The van der Waals surface area contributed by atoms with Gasteiger partial charge < -0.3 is 0 Å². The number of likely N-dealkylation sites (tertiary alicyclic amines) is 1. The summed E-state index contributed by atoms with van der Waals surface area (Å²) >= 11 is 6.35. The van der Waals surface area contributed by atoms with Gasteiger partial charge in [0.25, 0.3) is 0 Å². The van der Waals surface area contributed by atoms with Gasteiger partial charge in [-0.2, -0.15) is 12.6 Å². The molecule has 1 saturated heterocycles. The molecule has 3 rings (SSSR count). The first kappa shape index (κ1) is 12.9. The van der Waals surface area contributed by atoms with Crippen molar-refractivity contribution in [3.05, 3.63) is 15.6 Å². The van der Waals surface area contributed by atoms with Crippen LogP contribution in [-0.2, 0) is 12.3 Å². The zero-order valence-electron chi connectivity index (χ0n) is 11.1. The van der Waals surface area contributed by atoms with Gasteiger partial charge >= 0.3 is 0 Å². The monoisotopic (exact) mass is 282 g/mol. The number of aromatic nitrogens is 1. The Morgan fingerprint density at radius 1 is 1.33 bits per heavy atom. The fraction of sp³-hybridized carbons (Fsp3) is 0.786. The molecular weight excluding hydrogens is 260 g/mol. The number of thiazole rings is 1. The second-order valence-corrected chi connectivity index (χ2v) is 7.15. The normalized spacial score (nSPS) is 25.6. The highest BCUT2D eigenvalue weighted by Crippen LogP contribution is 2.43. The van der Waals surface area contributed by atoms with E-state index < -0.39 is 0 Å². The zero-order chi connectivity index (χ0) is 12.5. The van der Waals surface area contributed by atoms with Crippen LogP contribution in [0.5, 0.6) is 0 Å². The van der Waals surface area contributed by atoms with Crippen LogP contribution in [0.4, 0.5) is 0 Å². The molecule has 1 aliphatic carbocycles. The maximum absolute atomic E-state index is 4.90. The minimum absolute atomic E-state index is 0.728. The van der Waals surface area contributed by atoms with Crippen molar-refractivity contribution < 1.29 is 0 Å². The molecule has 0 spiro atoms. The molecule has 0 N–H and O–H groups in total. The third-order valence-corrected chi connectivity index (χ3v) is 5.74. The highest BCUT2D eigenvalue weighted by atomic mass is 32.1. The summed E-state index contributed by atoms with van der Waals surface area (Å²) in [6, 6.07) is 0.728. The molecule has 0 amide bonds. The topological polar surface area (TPSA) is 16.1 Å². The fourth-order valence-corrected chi connectivity index (χ4v) is 4.23. The van der Waals surface area contributed by atoms with Crippen LogP contribution in [0.1, 0.15) is 60.5 Å². The third kappa shape index (κ3) is 2.75. The Morgan fingerprint density at radius 2 is 2.17 bits per heavy atom. The van der Waals surface area contributed by atoms with Gasteiger partial charge in [-0.05, 0) is 39.2 Å². The Bertz CT molecular complexity index is 412. The lowest BCUT2D eigenvalue weighted by atomic mass is 10.0. The standard InChI is InChI=1S/C14H22N2S2/c1-10-4-2-3-7-16(10)8-13-15-14(11-5-6-11)12(9-17)18-13/h10-11,17H,2-9H2,1H3. The Balaban J connectivity index is 1.71. The molecule has 0 bridgehead atoms. The number of nitrogens with zero attached hydrogens (tertiary/aromatic N) is 2. The minimum Gasteiger partial charge on any atom is -0.294 e. The molecule has 1 saturated carbocycles. The Hall–Kier alpha value is -0.0600. The van der Waals surface area contributed by atoms with Crippen LogP contribution in [0.25, 0.3) is 0 Å². The number of hydrogen-bond acceptors (Lipinski definition) is 4. The molecule has 1 aromatic rings. The van der Waals surface area contributed by atoms with Gasteiger partial charge in [0, 0.05) is 22.6 Å². The van der Waals surface area contributed by atoms with Crippen molar-refractivity contribution >= 4 is 24.0 Å². The average molecular weight is 282 g/mol. The van der Waals surface area contributed by atoms with Crippen molar-refractivity contribution in [3.63, 3.8) is 0 Å². The van der Waals surface area contributed by atoms with Crippen molar-refractivity contribution in [3.8, 4) is 0 Å². The number of piperidine rings is 1. The number of thiol groups is 1. The summed E-state index contributed by atoms with van der Waals surface area (Å²) in [5.74, 6) is 1.62. The van der Waals surface area contributed by atoms with E-state index in [0.29, 0.717) is 0 Å². The van der Waals surface area contributed by atoms with Gasteiger partial charge in [0.1, 0.15) is 5.01 Å². The molecule has 100 valence electrons. The van der Waals surface area contributed by atoms with E-state index in [1.54, 1.807) is 0 Å². The lowest BCUT2D eigenvalue weighted by Gasteiger charge is -2.32. The summed E-state index contributed by atoms with van der Waals surface area (Å²) in [7, 11) is 0. The average Bonchev–Trinajstić information content (AvgIpc) is 3.14. The largest absolute Gasteiger partial charge is 0.294 e. The van der Waals surface area contributed by atoms with Crippen LogP contribution in [-0.4, -0.2) is 22.5 Å². The molecule has 1 aromatic heterocycles. The van der Waals surface area contributed by atoms with E-state index >= 15 is 0 Å². The van der Waals surface area contributed by atoms with Crippen molar-refractivity contribution in [1.82, 2.24) is 9.88 Å². The van der Waals surface area contributed by atoms with E-state index in [-0.39, 0.29) is 0 Å². The zero-order valence-corrected chi connectivity index (χ0v) is 12.8. The van der Waals surface area contributed by atoms with Crippen molar-refractivity contribution in [2.24, 2.45) is 0 Å². The van der Waals surface area contributed by atoms with Crippen LogP contribution in [0, 0.1) is 0 Å². The van der Waals surface area contributed by atoms with E-state index in [0.717, 1.165) is 24.3 Å². The quantitative estimate of drug-likeness (QED) is 0.845. The van der Waals surface area contributed by atoms with Crippen LogP contribution in [0.2, 0.25) is 0 Å². The molecule has 2 aliphatic rings. The molecule has 18 heavy (non-hydrogen) atoms. The van der Waals surface area contributed by atoms with Gasteiger partial charge in [0.05, 0.1) is 12.2 Å². The van der Waals surface area contributed by atoms with Gasteiger partial charge in [-0.3, -0.25) is 4.90 Å². The van der Waals surface area contributed by atoms with Gasteiger partial charge in [-0.25, -0.2) is 4.98 Å². The van der Waals surface area contributed by atoms with Crippen molar-refractivity contribution in [2.75, 3.05) is 6.54 Å². The van der Waals surface area contributed by atoms with E-state index in [9.17, 15) is 0 Å². The van der Waals surface area contributed by atoms with Gasteiger partial charge in [0.15, 0.2) is 0 Å². The lowest BCUT2D eigenvalue weighted by molar-refractivity contribution is 0.152. The molecular formula is C14H22N2S2. The second-order valence-electron chi connectivity index (χ2n) is 5.66. The van der Waals surface area contributed by atoms with Crippen LogP contribution < -0.4 is 0 Å². The SMILES string of the molecule is CC1CCCCN1Cc1nc(C2CC2)c(CS)s1. The minimum atomic E-state index is 0.728. The molecule has 0 radical (unpaired) electrons. The molecule has 1 unspecified atom stereocenters. The molecule has 2 heterocycles. The second kappa shape index (κ2) is 5.51. The van der Waals surface area contributed by atoms with Crippen LogP contribution in [0.3, 0.4) is 0 Å². The summed E-state index contributed by atoms with van der Waals surface area (Å²) in [6.07, 6.45) is 6.77. The Labute approximate surface area is 119 Å². The molecule has 4 heteroatoms. The predicted molar refractivity (Wildman–Crippen MR) is 80.5 cm³/mol. The summed E-state index contributed by atoms with van der Waals surface area (Å²) < 4.78 is 0. The van der Waals surface area contributed by atoms with Crippen molar-refractivity contribution in [1.29, 1.82) is 0 Å². The van der Waals surface area contributed by atoms with Crippen molar-refractivity contribution in [2.45, 2.75) is 63.3 Å². The summed E-state index contributed by atoms with van der Waals surface area (Å²) in [4.78, 5) is 8.92. The molecule has 1 atom stereocenters. The van der Waals surface area contributed by atoms with E-state index in [1.165, 1.54) is 54.2 Å². The first-order chi connectivity index (χ1) is 8.78. The fourth-order valence-electron chi connectivity index (χ4n) is 2.84. The molecule has 2 fully saturated rings. The summed E-state index contributed by atoms with van der Waals surface area (Å²) in [6.45, 7) is 4.66. The van der Waals surface area contributed by atoms with Crippen LogP contribution in [0.15, 0.2) is 0 Å². The highest BCUT2D eigenvalue weighted by Gasteiger charge is 2.29. The molecule has 2 nitrogen and oxygen atoms in total. The maximum atomic E-state index is 4.90. The Kier molecular flexibility index (Phi) is 3.97. The van der Waals surface area contributed by atoms with E-state index in [2.05, 4.69) is 24.5 Å². The van der Waals surface area contributed by atoms with Gasteiger partial charge in [0.2, 0.25) is 0 Å². The molecule has 0 aromatic carbocycles. The van der Waals surface area contributed by atoms with E-state index in [1.807, 2.05) is 11.3 Å². The number of rotatable bonds is 4.